The first kappa shape index (κ1) is 14.1. The summed E-state index contributed by atoms with van der Waals surface area (Å²) in [5.74, 6) is -0.398. The predicted molar refractivity (Wildman–Crippen MR) is 84.5 cm³/mol. The van der Waals surface area contributed by atoms with E-state index < -0.39 is 11.5 Å². The van der Waals surface area contributed by atoms with Crippen LogP contribution >= 0.6 is 31.9 Å². The quantitative estimate of drug-likeness (QED) is 0.641. The molecule has 21 heavy (non-hydrogen) atoms. The number of halogens is 2. The zero-order valence-corrected chi connectivity index (χ0v) is 13.5. The Morgan fingerprint density at radius 3 is 2.71 bits per heavy atom. The molecule has 0 aliphatic heterocycles. The Hall–Kier alpha value is -1.86. The first-order valence-corrected chi connectivity index (χ1v) is 7.41. The van der Waals surface area contributed by atoms with Crippen molar-refractivity contribution in [1.82, 2.24) is 0 Å². The van der Waals surface area contributed by atoms with Crippen molar-refractivity contribution < 1.29 is 13.6 Å². The summed E-state index contributed by atoms with van der Waals surface area (Å²) in [6, 6.07) is 8.20. The molecule has 106 valence electrons. The van der Waals surface area contributed by atoms with Gasteiger partial charge in [0.2, 0.25) is 0 Å². The second-order valence-electron chi connectivity index (χ2n) is 4.18. The molecule has 0 spiro atoms. The predicted octanol–water partition coefficient (Wildman–Crippen LogP) is 4.16. The van der Waals surface area contributed by atoms with Crippen molar-refractivity contribution >= 4 is 54.4 Å². The zero-order valence-electron chi connectivity index (χ0n) is 10.4. The van der Waals surface area contributed by atoms with Gasteiger partial charge in [-0.3, -0.25) is 4.79 Å². The minimum absolute atomic E-state index is 0.0499. The van der Waals surface area contributed by atoms with Crippen molar-refractivity contribution in [2.75, 3.05) is 5.32 Å². The summed E-state index contributed by atoms with van der Waals surface area (Å²) >= 11 is 6.68. The molecule has 0 aliphatic rings. The van der Waals surface area contributed by atoms with Gasteiger partial charge in [0.05, 0.1) is 10.7 Å². The molecule has 0 unspecified atom stereocenters. The maximum atomic E-state index is 11.9. The molecule has 0 saturated carbocycles. The molecule has 0 saturated heterocycles. The molecule has 2 heterocycles. The molecule has 0 fully saturated rings. The van der Waals surface area contributed by atoms with Crippen LogP contribution in [0.3, 0.4) is 0 Å². The first-order valence-electron chi connectivity index (χ1n) is 5.82. The molecule has 0 atom stereocenters. The highest BCUT2D eigenvalue weighted by atomic mass is 79.9. The van der Waals surface area contributed by atoms with Gasteiger partial charge >= 0.3 is 5.63 Å². The van der Waals surface area contributed by atoms with Gasteiger partial charge in [-0.15, -0.1) is 0 Å². The van der Waals surface area contributed by atoms with Crippen LogP contribution in [0.25, 0.3) is 11.0 Å². The highest BCUT2D eigenvalue weighted by Gasteiger charge is 2.14. The van der Waals surface area contributed by atoms with Crippen molar-refractivity contribution in [3.05, 3.63) is 61.7 Å². The smallest absolute Gasteiger partial charge is 0.360 e. The molecule has 0 bridgehead atoms. The van der Waals surface area contributed by atoms with Crippen LogP contribution in [0.2, 0.25) is 0 Å². The lowest BCUT2D eigenvalue weighted by Crippen LogP contribution is -2.17. The Morgan fingerprint density at radius 1 is 1.19 bits per heavy atom. The number of fused-ring (bicyclic) bond motifs is 1. The zero-order chi connectivity index (χ0) is 15.0. The fraction of sp³-hybridized carbons (Fsp3) is 0. The Kier molecular flexibility index (Phi) is 3.69. The van der Waals surface area contributed by atoms with Gasteiger partial charge in [0.25, 0.3) is 5.91 Å². The SMILES string of the molecule is O=C(Nc1cc2cc(Br)cc(Br)c2oc1=O)c1ccco1. The number of hydrogen-bond acceptors (Lipinski definition) is 4. The summed E-state index contributed by atoms with van der Waals surface area (Å²) < 4.78 is 11.7. The van der Waals surface area contributed by atoms with Crippen LogP contribution in [0, 0.1) is 0 Å². The van der Waals surface area contributed by atoms with E-state index in [1.165, 1.54) is 12.3 Å². The molecule has 2 aromatic heterocycles. The number of rotatable bonds is 2. The van der Waals surface area contributed by atoms with E-state index in [1.807, 2.05) is 0 Å². The van der Waals surface area contributed by atoms with Gasteiger partial charge in [-0.05, 0) is 46.3 Å². The number of carbonyl (C=O) groups excluding carboxylic acids is 1. The van der Waals surface area contributed by atoms with E-state index in [-0.39, 0.29) is 11.4 Å². The van der Waals surface area contributed by atoms with Gasteiger partial charge in [0.15, 0.2) is 11.3 Å². The molecule has 0 aliphatic carbocycles. The topological polar surface area (TPSA) is 72.5 Å². The number of nitrogens with one attached hydrogen (secondary N) is 1. The molecule has 5 nitrogen and oxygen atoms in total. The number of furan rings is 1. The van der Waals surface area contributed by atoms with E-state index in [2.05, 4.69) is 37.2 Å². The van der Waals surface area contributed by atoms with Crippen LogP contribution in [-0.2, 0) is 0 Å². The molecule has 0 radical (unpaired) electrons. The minimum atomic E-state index is -0.634. The molecular formula is C14H7Br2NO4. The molecule has 7 heteroatoms. The number of carbonyl (C=O) groups is 1. The fourth-order valence-electron chi connectivity index (χ4n) is 1.84. The number of anilines is 1. The molecular weight excluding hydrogens is 406 g/mol. The molecule has 3 rings (SSSR count). The van der Waals surface area contributed by atoms with Crippen molar-refractivity contribution in [2.24, 2.45) is 0 Å². The molecule has 3 aromatic rings. The number of amides is 1. The Labute approximate surface area is 135 Å². The Bertz CT molecular complexity index is 884. The minimum Gasteiger partial charge on any atom is -0.459 e. The van der Waals surface area contributed by atoms with Crippen LogP contribution in [0.4, 0.5) is 5.69 Å². The van der Waals surface area contributed by atoms with E-state index in [0.29, 0.717) is 15.4 Å². The van der Waals surface area contributed by atoms with Crippen LogP contribution in [0.15, 0.2) is 59.2 Å². The maximum Gasteiger partial charge on any atom is 0.360 e. The highest BCUT2D eigenvalue weighted by molar-refractivity contribution is 9.11. The third-order valence-electron chi connectivity index (χ3n) is 2.74. The van der Waals surface area contributed by atoms with E-state index in [0.717, 1.165) is 4.47 Å². The molecule has 1 N–H and O–H groups in total. The second-order valence-corrected chi connectivity index (χ2v) is 5.95. The Balaban J connectivity index is 2.05. The van der Waals surface area contributed by atoms with Crippen LogP contribution in [0.5, 0.6) is 0 Å². The van der Waals surface area contributed by atoms with E-state index >= 15 is 0 Å². The average Bonchev–Trinajstić information content (AvgIpc) is 2.94. The lowest BCUT2D eigenvalue weighted by molar-refractivity contribution is 0.0996. The summed E-state index contributed by atoms with van der Waals surface area (Å²) in [5.41, 5.74) is -0.168. The van der Waals surface area contributed by atoms with Crippen molar-refractivity contribution in [3.63, 3.8) is 0 Å². The molecule has 1 aromatic carbocycles. The van der Waals surface area contributed by atoms with Crippen molar-refractivity contribution in [3.8, 4) is 0 Å². The number of benzene rings is 1. The van der Waals surface area contributed by atoms with Crippen molar-refractivity contribution in [2.45, 2.75) is 0 Å². The van der Waals surface area contributed by atoms with Gasteiger partial charge < -0.3 is 14.2 Å². The summed E-state index contributed by atoms with van der Waals surface area (Å²) in [6.07, 6.45) is 1.38. The van der Waals surface area contributed by atoms with E-state index in [4.69, 9.17) is 8.83 Å². The first-order chi connectivity index (χ1) is 10.0. The largest absolute Gasteiger partial charge is 0.459 e. The van der Waals surface area contributed by atoms with Crippen LogP contribution in [-0.4, -0.2) is 5.91 Å². The Morgan fingerprint density at radius 2 is 2.00 bits per heavy atom. The van der Waals surface area contributed by atoms with Gasteiger partial charge in [-0.25, -0.2) is 4.79 Å². The van der Waals surface area contributed by atoms with Crippen LogP contribution < -0.4 is 10.9 Å². The summed E-state index contributed by atoms with van der Waals surface area (Å²) in [4.78, 5) is 23.8. The highest BCUT2D eigenvalue weighted by Crippen LogP contribution is 2.28. The van der Waals surface area contributed by atoms with Crippen LogP contribution in [0.1, 0.15) is 10.6 Å². The van der Waals surface area contributed by atoms with Gasteiger partial charge in [-0.1, -0.05) is 15.9 Å². The van der Waals surface area contributed by atoms with Gasteiger partial charge in [0.1, 0.15) is 5.69 Å². The summed E-state index contributed by atoms with van der Waals surface area (Å²) in [6.45, 7) is 0. The summed E-state index contributed by atoms with van der Waals surface area (Å²) in [5, 5.41) is 3.15. The third kappa shape index (κ3) is 2.79. The maximum absolute atomic E-state index is 11.9. The van der Waals surface area contributed by atoms with Gasteiger partial charge in [0, 0.05) is 9.86 Å². The molecule has 1 amide bonds. The lowest BCUT2D eigenvalue weighted by Gasteiger charge is -2.05. The third-order valence-corrected chi connectivity index (χ3v) is 3.79. The standard InChI is InChI=1S/C14H7Br2NO4/c15-8-4-7-5-10(14(19)21-12(7)9(16)6-8)17-13(18)11-2-1-3-20-11/h1-6H,(H,17,18). The normalized spacial score (nSPS) is 10.8. The van der Waals surface area contributed by atoms with Crippen molar-refractivity contribution in [1.29, 1.82) is 0 Å². The lowest BCUT2D eigenvalue weighted by atomic mass is 10.2. The number of hydrogen-bond donors (Lipinski definition) is 1. The van der Waals surface area contributed by atoms with Gasteiger partial charge in [-0.2, -0.15) is 0 Å². The fourth-order valence-corrected chi connectivity index (χ4v) is 3.18. The summed E-state index contributed by atoms with van der Waals surface area (Å²) in [7, 11) is 0. The van der Waals surface area contributed by atoms with E-state index in [1.54, 1.807) is 24.3 Å². The van der Waals surface area contributed by atoms with E-state index in [9.17, 15) is 9.59 Å². The average molecular weight is 413 g/mol. The second kappa shape index (κ2) is 5.50. The monoisotopic (exact) mass is 411 g/mol.